The van der Waals surface area contributed by atoms with E-state index in [2.05, 4.69) is 48.1 Å². The zero-order chi connectivity index (χ0) is 66.1. The highest BCUT2D eigenvalue weighted by Gasteiger charge is 2.41. The molecule has 2 aromatic heterocycles. The maximum absolute atomic E-state index is 15.0. The lowest BCUT2D eigenvalue weighted by Crippen LogP contribution is -2.61. The number of nitrogens with one attached hydrogen (secondary N) is 9. The van der Waals surface area contributed by atoms with Gasteiger partial charge in [-0.2, -0.15) is 0 Å². The maximum atomic E-state index is 15.0. The predicted molar refractivity (Wildman–Crippen MR) is 353 cm³/mol. The molecule has 4 heterocycles. The number of hydrazine groups is 1. The van der Waals surface area contributed by atoms with Gasteiger partial charge in [0.15, 0.2) is 0 Å². The number of hydrogen-bond donors (Lipinski definition) is 11. The van der Waals surface area contributed by atoms with Gasteiger partial charge in [0.05, 0.1) is 9.75 Å². The van der Waals surface area contributed by atoms with Crippen LogP contribution in [0.5, 0.6) is 0 Å². The Morgan fingerprint density at radius 2 is 0.945 bits per heavy atom. The number of aryl methyl sites for hydroxylation is 2. The third-order valence-corrected chi connectivity index (χ3v) is 18.8. The molecule has 4 aromatic rings. The van der Waals surface area contributed by atoms with Gasteiger partial charge in [0.25, 0.3) is 17.7 Å². The molecule has 8 atom stereocenters. The lowest BCUT2D eigenvalue weighted by Gasteiger charge is -2.32. The first-order valence-electron chi connectivity index (χ1n) is 31.9. The van der Waals surface area contributed by atoms with E-state index in [1.165, 1.54) is 27.6 Å². The molecule has 7 rings (SSSR count). The number of carbonyl (C=O) groups is 10. The lowest BCUT2D eigenvalue weighted by molar-refractivity contribution is -0.143. The van der Waals surface area contributed by atoms with E-state index in [4.69, 9.17) is 11.5 Å². The Bertz CT molecular complexity index is 3270. The zero-order valence-electron chi connectivity index (χ0n) is 53.6. The van der Waals surface area contributed by atoms with Crippen LogP contribution in [0, 0.1) is 31.6 Å². The Balaban J connectivity index is 1.25. The van der Waals surface area contributed by atoms with E-state index < -0.39 is 113 Å². The van der Waals surface area contributed by atoms with Crippen LogP contribution in [0.1, 0.15) is 164 Å². The Hall–Kier alpha value is -7.80. The van der Waals surface area contributed by atoms with Gasteiger partial charge < -0.3 is 53.6 Å². The molecule has 2 aromatic carbocycles. The normalized spacial score (nSPS) is 23.4. The van der Waals surface area contributed by atoms with Crippen molar-refractivity contribution in [2.24, 2.45) is 29.2 Å². The monoisotopic (exact) mass is 1290 g/mol. The average molecular weight is 1290 g/mol. The summed E-state index contributed by atoms with van der Waals surface area (Å²) in [7, 11) is 0. The van der Waals surface area contributed by atoms with Crippen molar-refractivity contribution in [3.05, 3.63) is 115 Å². The smallest absolute Gasteiger partial charge is 0.279 e. The second kappa shape index (κ2) is 33.5. The Morgan fingerprint density at radius 3 is 1.44 bits per heavy atom. The molecule has 91 heavy (non-hydrogen) atoms. The van der Waals surface area contributed by atoms with Crippen molar-refractivity contribution in [2.75, 3.05) is 19.6 Å². The van der Waals surface area contributed by atoms with Crippen LogP contribution in [-0.4, -0.2) is 132 Å². The molecule has 0 spiro atoms. The van der Waals surface area contributed by atoms with Crippen LogP contribution in [0.25, 0.3) is 11.1 Å². The first-order valence-corrected chi connectivity index (χ1v) is 33.5. The fourth-order valence-electron chi connectivity index (χ4n) is 12.0. The standard InChI is InChI=1S/C67H92N12O10S2/c1-37(2)31-50-60(82)74-52(33-42-19-11-9-12-20-42)62(84)77-78-65(87)56-36-47(41(8)91-56)45-24-15-23-44(45)46-35-55(90-40(46)7)64(86)70-48(25-16-28-68)58(80)73-51(32-38(3)4)61(83)75-53(34-43-21-13-10-14-22-43)67(89)79-30-18-27-54(79)63(85)76-57(39(5)6)66(88)71-49(26-17-29-69)59(81)72-50/h9-14,19-22,35-39,48-54,57H,15-18,23-34,68-69H2,1-8H3,(H,70,86)(H,71,88)(H,72,81)(H,73,80)(H,74,82)(H,75,83)(H,76,85)(H,77,84)(H,78,87). The van der Waals surface area contributed by atoms with Gasteiger partial charge in [-0.3, -0.25) is 58.8 Å². The molecule has 0 saturated carbocycles. The van der Waals surface area contributed by atoms with E-state index in [-0.39, 0.29) is 76.4 Å². The van der Waals surface area contributed by atoms with Gasteiger partial charge in [-0.1, -0.05) is 102 Å². The first-order chi connectivity index (χ1) is 43.5. The summed E-state index contributed by atoms with van der Waals surface area (Å²) in [5, 5.41) is 20.1. The molecule has 4 bridgehead atoms. The number of thiophene rings is 2. The molecule has 2 aliphatic heterocycles. The topological polar surface area (TPSA) is 334 Å². The second-order valence-corrected chi connectivity index (χ2v) is 27.7. The Labute approximate surface area is 541 Å². The molecule has 492 valence electrons. The van der Waals surface area contributed by atoms with Crippen molar-refractivity contribution >= 4 is 92.9 Å². The van der Waals surface area contributed by atoms with Crippen LogP contribution >= 0.6 is 22.7 Å². The molecule has 8 unspecified atom stereocenters. The number of amides is 10. The van der Waals surface area contributed by atoms with E-state index in [0.29, 0.717) is 53.0 Å². The number of carbonyl (C=O) groups excluding carboxylic acids is 10. The summed E-state index contributed by atoms with van der Waals surface area (Å²) in [6, 6.07) is 12.2. The zero-order valence-corrected chi connectivity index (χ0v) is 55.2. The second-order valence-electron chi connectivity index (χ2n) is 25.2. The predicted octanol–water partition coefficient (Wildman–Crippen LogP) is 5.01. The van der Waals surface area contributed by atoms with Crippen molar-refractivity contribution in [2.45, 2.75) is 187 Å². The average Bonchev–Trinajstić information content (AvgIpc) is 1.86. The summed E-state index contributed by atoms with van der Waals surface area (Å²) in [4.78, 5) is 149. The quantitative estimate of drug-likeness (QED) is 0.0749. The molecular formula is C67H92N12O10S2. The highest BCUT2D eigenvalue weighted by atomic mass is 32.1. The number of benzene rings is 2. The van der Waals surface area contributed by atoms with Crippen LogP contribution < -0.4 is 59.5 Å². The molecule has 1 aliphatic carbocycles. The van der Waals surface area contributed by atoms with Gasteiger partial charge >= 0.3 is 0 Å². The van der Waals surface area contributed by atoms with Gasteiger partial charge in [-0.25, -0.2) is 0 Å². The van der Waals surface area contributed by atoms with Gasteiger partial charge in [0.1, 0.15) is 48.3 Å². The van der Waals surface area contributed by atoms with E-state index in [0.717, 1.165) is 38.4 Å². The Kier molecular flexibility index (Phi) is 26.0. The van der Waals surface area contributed by atoms with Crippen molar-refractivity contribution in [1.82, 2.24) is 53.0 Å². The number of allylic oxidation sites excluding steroid dienone is 2. The molecule has 24 heteroatoms. The minimum atomic E-state index is -1.25. The van der Waals surface area contributed by atoms with Crippen LogP contribution in [0.3, 0.4) is 0 Å². The molecule has 10 amide bonds. The van der Waals surface area contributed by atoms with E-state index >= 15 is 4.79 Å². The minimum absolute atomic E-state index is 0.0133. The summed E-state index contributed by atoms with van der Waals surface area (Å²) >= 11 is 2.54. The Morgan fingerprint density at radius 1 is 0.495 bits per heavy atom. The van der Waals surface area contributed by atoms with Crippen molar-refractivity contribution in [3.8, 4) is 0 Å². The SMILES string of the molecule is Cc1sc2cc1C1=C(CCC1)c1cc(sc1C)C(=O)NC(CCCN)C(=O)NC(CC(C)C)C(=O)NC(Cc1ccccc1)C(=O)N1CCCC1C(=O)NC(C(C)C)C(=O)NC(CCCN)C(=O)NC(CC(C)C)C(=O)NC(Cc1ccccc1)C(=O)NNC2=O. The van der Waals surface area contributed by atoms with Crippen LogP contribution in [0.2, 0.25) is 0 Å². The molecule has 0 radical (unpaired) electrons. The summed E-state index contributed by atoms with van der Waals surface area (Å²) in [6.07, 6.45) is 4.13. The van der Waals surface area contributed by atoms with Crippen molar-refractivity contribution < 1.29 is 47.9 Å². The molecule has 22 nitrogen and oxygen atoms in total. The summed E-state index contributed by atoms with van der Waals surface area (Å²) < 4.78 is 0. The van der Waals surface area contributed by atoms with Crippen LogP contribution in [0.4, 0.5) is 0 Å². The number of rotatable bonds is 15. The molecular weight excluding hydrogens is 1200 g/mol. The van der Waals surface area contributed by atoms with E-state index in [1.54, 1.807) is 56.3 Å². The molecule has 3 aliphatic rings. The fraction of sp³-hybridized carbons (Fsp3) is 0.522. The number of nitrogens with zero attached hydrogens (tertiary/aromatic N) is 1. The number of fused-ring (bicyclic) bond motifs is 7. The highest BCUT2D eigenvalue weighted by molar-refractivity contribution is 7.14. The minimum Gasteiger partial charge on any atom is -0.343 e. The summed E-state index contributed by atoms with van der Waals surface area (Å²) in [5.41, 5.74) is 22.2. The first kappa shape index (κ1) is 70.7. The maximum Gasteiger partial charge on any atom is 0.279 e. The van der Waals surface area contributed by atoms with Gasteiger partial charge in [-0.15, -0.1) is 22.7 Å². The largest absolute Gasteiger partial charge is 0.343 e. The van der Waals surface area contributed by atoms with Crippen LogP contribution in [0.15, 0.2) is 72.8 Å². The summed E-state index contributed by atoms with van der Waals surface area (Å²) in [5.74, 6) is -7.13. The molecule has 1 fully saturated rings. The van der Waals surface area contributed by atoms with Gasteiger partial charge in [0, 0.05) is 29.1 Å². The third-order valence-electron chi connectivity index (χ3n) is 16.7. The van der Waals surface area contributed by atoms with Crippen molar-refractivity contribution in [3.63, 3.8) is 0 Å². The number of hydrogen-bond acceptors (Lipinski definition) is 14. The van der Waals surface area contributed by atoms with E-state index in [1.807, 2.05) is 71.9 Å². The summed E-state index contributed by atoms with van der Waals surface area (Å²) in [6.45, 7) is 15.4. The van der Waals surface area contributed by atoms with Crippen LogP contribution in [-0.2, 0) is 51.2 Å². The lowest BCUT2D eigenvalue weighted by atomic mass is 9.97. The van der Waals surface area contributed by atoms with Gasteiger partial charge in [-0.05, 0) is 161 Å². The third kappa shape index (κ3) is 19.4. The van der Waals surface area contributed by atoms with Crippen molar-refractivity contribution in [1.29, 1.82) is 0 Å². The molecule has 13 N–H and O–H groups in total. The molecule has 1 saturated heterocycles. The van der Waals surface area contributed by atoms with Gasteiger partial charge in [0.2, 0.25) is 41.4 Å². The fourth-order valence-corrected chi connectivity index (χ4v) is 13.8. The highest BCUT2D eigenvalue weighted by Crippen LogP contribution is 2.45. The number of nitrogens with two attached hydrogens (primary N) is 2. The van der Waals surface area contributed by atoms with E-state index in [9.17, 15) is 43.2 Å².